The van der Waals surface area contributed by atoms with Crippen molar-refractivity contribution in [1.82, 2.24) is 19.7 Å². The molecule has 1 fully saturated rings. The van der Waals surface area contributed by atoms with E-state index in [0.29, 0.717) is 13.1 Å². The van der Waals surface area contributed by atoms with Crippen molar-refractivity contribution in [3.8, 4) is 0 Å². The highest BCUT2D eigenvalue weighted by molar-refractivity contribution is 7.93. The van der Waals surface area contributed by atoms with Gasteiger partial charge in [-0.05, 0) is 33.6 Å². The summed E-state index contributed by atoms with van der Waals surface area (Å²) < 4.78 is 26.0. The molecule has 0 spiro atoms. The normalized spacial score (nSPS) is 21.5. The van der Waals surface area contributed by atoms with Gasteiger partial charge in [0, 0.05) is 13.1 Å². The van der Waals surface area contributed by atoms with Crippen molar-refractivity contribution in [2.24, 2.45) is 0 Å². The lowest BCUT2D eigenvalue weighted by Gasteiger charge is -2.34. The number of carbonyl (C=O) groups is 1. The second-order valence-electron chi connectivity index (χ2n) is 5.74. The van der Waals surface area contributed by atoms with Crippen molar-refractivity contribution >= 4 is 15.7 Å². The summed E-state index contributed by atoms with van der Waals surface area (Å²) in [6.07, 6.45) is 4.85. The molecule has 1 aliphatic rings. The lowest BCUT2D eigenvalue weighted by Crippen LogP contribution is -2.48. The van der Waals surface area contributed by atoms with Crippen LogP contribution in [0.15, 0.2) is 12.7 Å². The molecule has 1 amide bonds. The van der Waals surface area contributed by atoms with E-state index in [1.165, 1.54) is 13.3 Å². The van der Waals surface area contributed by atoms with Crippen molar-refractivity contribution in [3.63, 3.8) is 0 Å². The van der Waals surface area contributed by atoms with Gasteiger partial charge in [0.05, 0.1) is 11.3 Å². The topological polar surface area (TPSA) is 85.2 Å². The van der Waals surface area contributed by atoms with E-state index in [2.05, 4.69) is 10.1 Å². The highest BCUT2D eigenvalue weighted by atomic mass is 32.2. The van der Waals surface area contributed by atoms with Crippen LogP contribution in [0.5, 0.6) is 0 Å². The first-order valence-corrected chi connectivity index (χ1v) is 8.80. The van der Waals surface area contributed by atoms with Gasteiger partial charge in [0.15, 0.2) is 9.84 Å². The first kappa shape index (κ1) is 15.9. The Balaban J connectivity index is 2.09. The molecule has 7 nitrogen and oxygen atoms in total. The van der Waals surface area contributed by atoms with Crippen LogP contribution in [0, 0.1) is 0 Å². The zero-order valence-corrected chi connectivity index (χ0v) is 13.5. The van der Waals surface area contributed by atoms with Crippen molar-refractivity contribution in [2.75, 3.05) is 13.1 Å². The number of carbonyl (C=O) groups excluding carboxylic acids is 1. The van der Waals surface area contributed by atoms with Crippen LogP contribution in [0.3, 0.4) is 0 Å². The fourth-order valence-corrected chi connectivity index (χ4v) is 3.83. The molecular weight excluding hydrogens is 292 g/mol. The maximum atomic E-state index is 12.5. The van der Waals surface area contributed by atoms with Gasteiger partial charge in [0.25, 0.3) is 0 Å². The maximum Gasteiger partial charge on any atom is 0.240 e. The van der Waals surface area contributed by atoms with Gasteiger partial charge < -0.3 is 4.90 Å². The molecule has 2 rings (SSSR count). The Morgan fingerprint density at radius 3 is 2.62 bits per heavy atom. The van der Waals surface area contributed by atoms with Gasteiger partial charge in [-0.25, -0.2) is 18.1 Å². The molecule has 2 atom stereocenters. The molecule has 2 heterocycles. The van der Waals surface area contributed by atoms with Crippen molar-refractivity contribution < 1.29 is 13.2 Å². The van der Waals surface area contributed by atoms with Gasteiger partial charge in [-0.2, -0.15) is 5.10 Å². The third-order valence-electron chi connectivity index (χ3n) is 4.02. The first-order valence-electron chi connectivity index (χ1n) is 7.19. The quantitative estimate of drug-likeness (QED) is 0.815. The monoisotopic (exact) mass is 314 g/mol. The molecule has 1 aliphatic heterocycles. The number of likely N-dealkylation sites (tertiary alicyclic amines) is 1. The van der Waals surface area contributed by atoms with Crippen LogP contribution in [0.1, 0.15) is 39.7 Å². The second-order valence-corrected chi connectivity index (χ2v) is 8.56. The van der Waals surface area contributed by atoms with E-state index in [9.17, 15) is 13.2 Å². The third kappa shape index (κ3) is 3.25. The minimum Gasteiger partial charge on any atom is -0.339 e. The summed E-state index contributed by atoms with van der Waals surface area (Å²) in [6.45, 7) is 5.78. The number of piperidine rings is 1. The fourth-order valence-electron chi connectivity index (χ4n) is 2.58. The Kier molecular flexibility index (Phi) is 4.65. The van der Waals surface area contributed by atoms with E-state index < -0.39 is 20.3 Å². The predicted octanol–water partition coefficient (Wildman–Crippen LogP) is 0.653. The van der Waals surface area contributed by atoms with E-state index in [4.69, 9.17) is 0 Å². The van der Waals surface area contributed by atoms with E-state index in [0.717, 1.165) is 12.8 Å². The lowest BCUT2D eigenvalue weighted by molar-refractivity contribution is -0.132. The van der Waals surface area contributed by atoms with Gasteiger partial charge in [-0.3, -0.25) is 4.79 Å². The predicted molar refractivity (Wildman–Crippen MR) is 78.4 cm³/mol. The summed E-state index contributed by atoms with van der Waals surface area (Å²) >= 11 is 0. The number of hydrogen-bond acceptors (Lipinski definition) is 5. The summed E-state index contributed by atoms with van der Waals surface area (Å²) in [5.74, 6) is -0.312. The number of nitrogens with zero attached hydrogens (tertiary/aromatic N) is 4. The third-order valence-corrected chi connectivity index (χ3v) is 6.52. The maximum absolute atomic E-state index is 12.5. The Hall–Kier alpha value is -1.44. The lowest BCUT2D eigenvalue weighted by atomic mass is 10.1. The standard InChI is InChI=1S/C13H22N4O3S/c1-10(2)21(19,20)11(3)13(18)16-6-4-5-12(7-16)17-9-14-8-15-17/h8-12H,4-7H2,1-3H3. The average Bonchev–Trinajstić information content (AvgIpc) is 2.99. The number of sulfone groups is 1. The summed E-state index contributed by atoms with van der Waals surface area (Å²) in [4.78, 5) is 18.0. The smallest absolute Gasteiger partial charge is 0.240 e. The van der Waals surface area contributed by atoms with Crippen LogP contribution >= 0.6 is 0 Å². The highest BCUT2D eigenvalue weighted by Crippen LogP contribution is 2.22. The Morgan fingerprint density at radius 2 is 2.05 bits per heavy atom. The van der Waals surface area contributed by atoms with Crippen LogP contribution in [-0.4, -0.2) is 57.6 Å². The largest absolute Gasteiger partial charge is 0.339 e. The number of amides is 1. The molecule has 1 aromatic rings. The van der Waals surface area contributed by atoms with Crippen LogP contribution < -0.4 is 0 Å². The second kappa shape index (κ2) is 6.13. The van der Waals surface area contributed by atoms with E-state index >= 15 is 0 Å². The molecule has 1 aromatic heterocycles. The van der Waals surface area contributed by atoms with Crippen LogP contribution in [0.2, 0.25) is 0 Å². The van der Waals surface area contributed by atoms with E-state index in [1.807, 2.05) is 0 Å². The molecular formula is C13H22N4O3S. The summed E-state index contributed by atoms with van der Waals surface area (Å²) in [5, 5.41) is 2.56. The minimum atomic E-state index is -3.42. The van der Waals surface area contributed by atoms with Gasteiger partial charge in [-0.15, -0.1) is 0 Å². The van der Waals surface area contributed by atoms with Crippen molar-refractivity contribution in [1.29, 1.82) is 0 Å². The fraction of sp³-hybridized carbons (Fsp3) is 0.769. The minimum absolute atomic E-state index is 0.0687. The highest BCUT2D eigenvalue weighted by Gasteiger charge is 2.35. The van der Waals surface area contributed by atoms with Crippen LogP contribution in [0.4, 0.5) is 0 Å². The molecule has 0 N–H and O–H groups in total. The SMILES string of the molecule is CC(C)S(=O)(=O)C(C)C(=O)N1CCCC(n2cncn2)C1. The van der Waals surface area contributed by atoms with Gasteiger partial charge in [0.1, 0.15) is 17.9 Å². The average molecular weight is 314 g/mol. The molecule has 0 saturated carbocycles. The first-order chi connectivity index (χ1) is 9.84. The van der Waals surface area contributed by atoms with Crippen molar-refractivity contribution in [3.05, 3.63) is 12.7 Å². The van der Waals surface area contributed by atoms with Gasteiger partial charge >= 0.3 is 0 Å². The number of hydrogen-bond donors (Lipinski definition) is 0. The van der Waals surface area contributed by atoms with Crippen LogP contribution in [0.25, 0.3) is 0 Å². The molecule has 21 heavy (non-hydrogen) atoms. The zero-order valence-electron chi connectivity index (χ0n) is 12.6. The molecule has 0 radical (unpaired) electrons. The van der Waals surface area contributed by atoms with E-state index in [1.54, 1.807) is 29.8 Å². The van der Waals surface area contributed by atoms with Crippen LogP contribution in [-0.2, 0) is 14.6 Å². The molecule has 0 bridgehead atoms. The number of rotatable bonds is 4. The summed E-state index contributed by atoms with van der Waals surface area (Å²) in [7, 11) is -3.42. The molecule has 1 saturated heterocycles. The summed E-state index contributed by atoms with van der Waals surface area (Å²) in [5.41, 5.74) is 0. The molecule has 0 aliphatic carbocycles. The molecule has 2 unspecified atom stereocenters. The van der Waals surface area contributed by atoms with E-state index in [-0.39, 0.29) is 11.9 Å². The van der Waals surface area contributed by atoms with Gasteiger partial charge in [0.2, 0.25) is 5.91 Å². The Bertz CT molecular complexity index is 583. The zero-order chi connectivity index (χ0) is 15.6. The summed E-state index contributed by atoms with van der Waals surface area (Å²) in [6, 6.07) is 0.0687. The molecule has 8 heteroatoms. The molecule has 0 aromatic carbocycles. The Labute approximate surface area is 125 Å². The van der Waals surface area contributed by atoms with Crippen molar-refractivity contribution in [2.45, 2.75) is 50.2 Å². The van der Waals surface area contributed by atoms with Gasteiger partial charge in [-0.1, -0.05) is 0 Å². The Morgan fingerprint density at radius 1 is 1.33 bits per heavy atom. The molecule has 118 valence electrons. The number of aromatic nitrogens is 3.